The number of alkyl halides is 3. The molecule has 0 amide bonds. The molecular weight excluding hydrogens is 723 g/mol. The lowest BCUT2D eigenvalue weighted by molar-refractivity contribution is -0.254. The molecule has 2 heterocycles. The van der Waals surface area contributed by atoms with Crippen molar-refractivity contribution >= 4 is 34.0 Å². The standard InChI is InChI=1S/C33H34F3NO14S/c1-17(38)45-16-28-30(46-18(2)39)32(48-20(4)41)31(47-19(3)40)29(50-28)26-12-22(23(14-37)13-27(26)49-25-9-10-44-15-25)11-21-5-7-24(8-6-21)51-52(42,43)33(34,35)36/h5-8,12-13,25,28-32H,9-11,15-16H2,1-4H3/t25-,28?,29-,30+,31-,32-/m0/s1. The van der Waals surface area contributed by atoms with Crippen LogP contribution in [0.4, 0.5) is 13.2 Å². The third-order valence-corrected chi connectivity index (χ3v) is 8.62. The zero-order valence-corrected chi connectivity index (χ0v) is 29.0. The van der Waals surface area contributed by atoms with Crippen molar-refractivity contribution in [3.8, 4) is 17.6 Å². The summed E-state index contributed by atoms with van der Waals surface area (Å²) in [4.78, 5) is 48.9. The van der Waals surface area contributed by atoms with E-state index in [1.165, 1.54) is 24.3 Å². The highest BCUT2D eigenvalue weighted by Crippen LogP contribution is 2.43. The van der Waals surface area contributed by atoms with Crippen molar-refractivity contribution in [2.24, 2.45) is 0 Å². The van der Waals surface area contributed by atoms with E-state index in [4.69, 9.17) is 33.2 Å². The zero-order chi connectivity index (χ0) is 38.4. The quantitative estimate of drug-likeness (QED) is 0.132. The number of halogens is 3. The van der Waals surface area contributed by atoms with Crippen LogP contribution < -0.4 is 8.92 Å². The van der Waals surface area contributed by atoms with E-state index >= 15 is 0 Å². The fourth-order valence-electron chi connectivity index (χ4n) is 5.54. The first-order chi connectivity index (χ1) is 24.4. The van der Waals surface area contributed by atoms with Crippen molar-refractivity contribution in [3.05, 3.63) is 58.7 Å². The minimum atomic E-state index is -5.92. The third-order valence-electron chi connectivity index (χ3n) is 7.64. The van der Waals surface area contributed by atoms with Gasteiger partial charge < -0.3 is 37.3 Å². The molecule has 2 aromatic carbocycles. The number of hydrogen-bond donors (Lipinski definition) is 0. The normalized spacial score (nSPS) is 23.1. The number of nitrogens with zero attached hydrogens (tertiary/aromatic N) is 1. The Morgan fingerprint density at radius 2 is 1.52 bits per heavy atom. The van der Waals surface area contributed by atoms with Gasteiger partial charge in [0, 0.05) is 39.7 Å². The van der Waals surface area contributed by atoms with Crippen molar-refractivity contribution in [1.82, 2.24) is 0 Å². The maximum Gasteiger partial charge on any atom is 0.534 e. The molecular formula is C33H34F3NO14S. The number of esters is 4. The average molecular weight is 758 g/mol. The third kappa shape index (κ3) is 10.1. The van der Waals surface area contributed by atoms with E-state index in [2.05, 4.69) is 10.3 Å². The summed E-state index contributed by atoms with van der Waals surface area (Å²) in [6.07, 6.45) is -7.19. The Morgan fingerprint density at radius 3 is 2.06 bits per heavy atom. The molecule has 1 unspecified atom stereocenters. The smallest absolute Gasteiger partial charge is 0.487 e. The summed E-state index contributed by atoms with van der Waals surface area (Å²) < 4.78 is 105. The lowest BCUT2D eigenvalue weighted by Crippen LogP contribution is -2.59. The summed E-state index contributed by atoms with van der Waals surface area (Å²) in [7, 11) is -5.92. The molecule has 2 saturated heterocycles. The first-order valence-electron chi connectivity index (χ1n) is 15.6. The van der Waals surface area contributed by atoms with Crippen LogP contribution in [-0.4, -0.2) is 88.1 Å². The molecule has 0 bridgehead atoms. The second-order valence-corrected chi connectivity index (χ2v) is 13.2. The maximum atomic E-state index is 12.8. The fourth-order valence-corrected chi connectivity index (χ4v) is 6.00. The predicted molar refractivity (Wildman–Crippen MR) is 167 cm³/mol. The molecule has 4 rings (SSSR count). The lowest BCUT2D eigenvalue weighted by atomic mass is 9.87. The Labute approximate surface area is 295 Å². The Bertz CT molecular complexity index is 1800. The zero-order valence-electron chi connectivity index (χ0n) is 28.2. The Balaban J connectivity index is 1.84. The van der Waals surface area contributed by atoms with Crippen molar-refractivity contribution < 1.29 is 78.1 Å². The lowest BCUT2D eigenvalue weighted by Gasteiger charge is -2.45. The molecule has 2 fully saturated rings. The number of hydrogen-bond acceptors (Lipinski definition) is 15. The van der Waals surface area contributed by atoms with Crippen molar-refractivity contribution in [3.63, 3.8) is 0 Å². The second-order valence-electron chi connectivity index (χ2n) is 11.7. The Morgan fingerprint density at radius 1 is 0.904 bits per heavy atom. The van der Waals surface area contributed by atoms with E-state index in [1.807, 2.05) is 0 Å². The molecule has 0 N–H and O–H groups in total. The first kappa shape index (κ1) is 39.8. The highest BCUT2D eigenvalue weighted by atomic mass is 32.2. The van der Waals surface area contributed by atoms with Gasteiger partial charge in [0.25, 0.3) is 0 Å². The molecule has 2 aliphatic rings. The summed E-state index contributed by atoms with van der Waals surface area (Å²) in [6, 6.07) is 9.53. The van der Waals surface area contributed by atoms with Crippen LogP contribution >= 0.6 is 0 Å². The molecule has 52 heavy (non-hydrogen) atoms. The molecule has 0 saturated carbocycles. The minimum absolute atomic E-state index is 0.0553. The number of ether oxygens (including phenoxy) is 7. The van der Waals surface area contributed by atoms with Crippen LogP contribution in [0.2, 0.25) is 0 Å². The van der Waals surface area contributed by atoms with Crippen LogP contribution in [0.15, 0.2) is 36.4 Å². The number of carbonyl (C=O) groups is 4. The van der Waals surface area contributed by atoms with Crippen molar-refractivity contribution in [1.29, 1.82) is 5.26 Å². The van der Waals surface area contributed by atoms with E-state index in [0.29, 0.717) is 24.2 Å². The van der Waals surface area contributed by atoms with Crippen LogP contribution in [0.1, 0.15) is 62.5 Å². The van der Waals surface area contributed by atoms with Crippen LogP contribution in [0.25, 0.3) is 0 Å². The fraction of sp³-hybridized carbons (Fsp3) is 0.485. The van der Waals surface area contributed by atoms with Gasteiger partial charge in [0.1, 0.15) is 36.4 Å². The van der Waals surface area contributed by atoms with E-state index in [0.717, 1.165) is 39.8 Å². The van der Waals surface area contributed by atoms with Crippen LogP contribution in [-0.2, 0) is 64.1 Å². The van der Waals surface area contributed by atoms with Gasteiger partial charge in [-0.3, -0.25) is 19.2 Å². The summed E-state index contributed by atoms with van der Waals surface area (Å²) in [5.41, 5.74) is -4.69. The van der Waals surface area contributed by atoms with E-state index < -0.39 is 88.5 Å². The summed E-state index contributed by atoms with van der Waals surface area (Å²) in [6.45, 7) is 4.44. The molecule has 6 atom stereocenters. The molecule has 0 aromatic heterocycles. The average Bonchev–Trinajstić information content (AvgIpc) is 3.55. The first-order valence-corrected chi connectivity index (χ1v) is 17.0. The largest absolute Gasteiger partial charge is 0.534 e. The van der Waals surface area contributed by atoms with E-state index in [1.54, 1.807) is 0 Å². The highest BCUT2D eigenvalue weighted by Gasteiger charge is 2.53. The SMILES string of the molecule is CC(=O)OCC1O[C@@H](c2cc(Cc3ccc(OS(=O)(=O)C(F)(F)F)cc3)c(C#N)cc2O[C@H]2CCOC2)[C@H](OC(C)=O)[C@@H](OC(C)=O)[C@@H]1OC(C)=O. The van der Waals surface area contributed by atoms with Gasteiger partial charge in [-0.15, -0.1) is 0 Å². The number of benzene rings is 2. The van der Waals surface area contributed by atoms with Gasteiger partial charge in [0.15, 0.2) is 18.3 Å². The van der Waals surface area contributed by atoms with Gasteiger partial charge >= 0.3 is 39.5 Å². The molecule has 0 spiro atoms. The minimum Gasteiger partial charge on any atom is -0.487 e. The van der Waals surface area contributed by atoms with Crippen LogP contribution in [0.5, 0.6) is 11.5 Å². The molecule has 0 radical (unpaired) electrons. The molecule has 2 aromatic rings. The number of rotatable bonds is 12. The second kappa shape index (κ2) is 16.6. The molecule has 15 nitrogen and oxygen atoms in total. The topological polar surface area (TPSA) is 200 Å². The van der Waals surface area contributed by atoms with E-state index in [-0.39, 0.29) is 29.9 Å². The van der Waals surface area contributed by atoms with Gasteiger partial charge in [-0.25, -0.2) is 0 Å². The Kier molecular flexibility index (Phi) is 12.7. The maximum absolute atomic E-state index is 12.8. The number of nitriles is 1. The molecule has 0 aliphatic carbocycles. The molecule has 282 valence electrons. The Hall–Kier alpha value is -4.93. The van der Waals surface area contributed by atoms with Crippen molar-refractivity contribution in [2.45, 2.75) is 82.7 Å². The molecule has 19 heteroatoms. The molecule has 2 aliphatic heterocycles. The highest BCUT2D eigenvalue weighted by molar-refractivity contribution is 7.88. The van der Waals surface area contributed by atoms with Crippen molar-refractivity contribution in [2.75, 3.05) is 19.8 Å². The van der Waals surface area contributed by atoms with Crippen LogP contribution in [0.3, 0.4) is 0 Å². The van der Waals surface area contributed by atoms with Gasteiger partial charge in [0.05, 0.1) is 24.8 Å². The monoisotopic (exact) mass is 757 g/mol. The van der Waals surface area contributed by atoms with E-state index in [9.17, 15) is 46.0 Å². The summed E-state index contributed by atoms with van der Waals surface area (Å²) in [5, 5.41) is 10.1. The van der Waals surface area contributed by atoms with Crippen LogP contribution in [0, 0.1) is 11.3 Å². The van der Waals surface area contributed by atoms with Gasteiger partial charge in [-0.1, -0.05) is 12.1 Å². The van der Waals surface area contributed by atoms with Gasteiger partial charge in [-0.2, -0.15) is 26.9 Å². The van der Waals surface area contributed by atoms with Gasteiger partial charge in [-0.05, 0) is 41.8 Å². The number of carbonyl (C=O) groups excluding carboxylic acids is 4. The predicted octanol–water partition coefficient (Wildman–Crippen LogP) is 3.34. The summed E-state index contributed by atoms with van der Waals surface area (Å²) in [5.74, 6) is -3.75. The summed E-state index contributed by atoms with van der Waals surface area (Å²) >= 11 is 0. The van der Waals surface area contributed by atoms with Gasteiger partial charge in [0.2, 0.25) is 0 Å².